The van der Waals surface area contributed by atoms with E-state index in [0.29, 0.717) is 6.42 Å². The van der Waals surface area contributed by atoms with Crippen molar-refractivity contribution in [1.82, 2.24) is 10.6 Å². The molecule has 20 heavy (non-hydrogen) atoms. The van der Waals surface area contributed by atoms with Gasteiger partial charge < -0.3 is 15.7 Å². The monoisotopic (exact) mass is 312 g/mol. The maximum Gasteiger partial charge on any atom is 0.257 e. The quantitative estimate of drug-likeness (QED) is 0.771. The van der Waals surface area contributed by atoms with Gasteiger partial charge in [0.2, 0.25) is 0 Å². The molecule has 0 saturated carbocycles. The summed E-state index contributed by atoms with van der Waals surface area (Å²) >= 11 is 2.59. The van der Waals surface area contributed by atoms with Gasteiger partial charge in [-0.25, -0.2) is 0 Å². The minimum atomic E-state index is -1.000. The molecule has 5 nitrogen and oxygen atoms in total. The number of thioether (sulfide) groups is 2. The predicted octanol–water partition coefficient (Wildman–Crippen LogP) is 0.929. The first-order chi connectivity index (χ1) is 9.50. The number of amides is 2. The molecule has 7 heteroatoms. The van der Waals surface area contributed by atoms with Crippen LogP contribution in [0, 0.1) is 0 Å². The van der Waals surface area contributed by atoms with E-state index in [1.807, 2.05) is 0 Å². The maximum atomic E-state index is 12.3. The zero-order chi connectivity index (χ0) is 14.8. The number of phenolic OH excluding ortho intramolecular Hbond substituents is 1. The van der Waals surface area contributed by atoms with E-state index < -0.39 is 10.2 Å². The van der Waals surface area contributed by atoms with Crippen LogP contribution in [0.5, 0.6) is 5.75 Å². The Hall–Kier alpha value is -1.34. The van der Waals surface area contributed by atoms with E-state index in [4.69, 9.17) is 0 Å². The molecule has 1 aliphatic heterocycles. The molecule has 108 valence electrons. The van der Waals surface area contributed by atoms with Crippen LogP contribution in [0.4, 0.5) is 0 Å². The molecule has 1 saturated heterocycles. The summed E-state index contributed by atoms with van der Waals surface area (Å²) in [4.78, 5) is 23.3. The molecule has 1 aliphatic rings. The van der Waals surface area contributed by atoms with Gasteiger partial charge in [-0.15, -0.1) is 23.5 Å². The lowest BCUT2D eigenvalue weighted by atomic mass is 10.0. The van der Waals surface area contributed by atoms with Crippen LogP contribution in [0.2, 0.25) is 0 Å². The number of aromatic hydroxyl groups is 1. The summed E-state index contributed by atoms with van der Waals surface area (Å²) in [6, 6.07) is 6.62. The van der Waals surface area contributed by atoms with Crippen LogP contribution in [0.1, 0.15) is 5.56 Å². The standard InChI is InChI=1S/C13H16N2O3S2/c1-19-11-10(17)15-13(20-2,12(18)14-11)7-8-3-5-9(16)6-4-8/h3-6,11,16H,7H2,1-2H3,(H,14,18)(H,15,17). The van der Waals surface area contributed by atoms with Gasteiger partial charge in [0, 0.05) is 6.42 Å². The summed E-state index contributed by atoms with van der Waals surface area (Å²) in [6.45, 7) is 0. The number of rotatable bonds is 4. The number of benzene rings is 1. The molecular formula is C13H16N2O3S2. The van der Waals surface area contributed by atoms with E-state index in [-0.39, 0.29) is 17.6 Å². The Kier molecular flexibility index (Phi) is 4.49. The second-order valence-electron chi connectivity index (χ2n) is 4.45. The summed E-state index contributed by atoms with van der Waals surface area (Å²) in [5.41, 5.74) is 0.871. The van der Waals surface area contributed by atoms with Gasteiger partial charge in [0.1, 0.15) is 5.75 Å². The molecule has 1 aromatic rings. The average Bonchev–Trinajstić information content (AvgIpc) is 2.45. The third kappa shape index (κ3) is 2.88. The Balaban J connectivity index is 2.23. The van der Waals surface area contributed by atoms with Crippen molar-refractivity contribution in [3.05, 3.63) is 29.8 Å². The van der Waals surface area contributed by atoms with Crippen molar-refractivity contribution in [1.29, 1.82) is 0 Å². The largest absolute Gasteiger partial charge is 0.508 e. The van der Waals surface area contributed by atoms with Crippen LogP contribution in [0.25, 0.3) is 0 Å². The first-order valence-electron chi connectivity index (χ1n) is 5.99. The minimum absolute atomic E-state index is 0.173. The van der Waals surface area contributed by atoms with E-state index in [2.05, 4.69) is 10.6 Å². The first kappa shape index (κ1) is 15.1. The molecular weight excluding hydrogens is 296 g/mol. The maximum absolute atomic E-state index is 12.3. The van der Waals surface area contributed by atoms with Gasteiger partial charge in [0.25, 0.3) is 11.8 Å². The topological polar surface area (TPSA) is 78.4 Å². The van der Waals surface area contributed by atoms with Gasteiger partial charge in [-0.2, -0.15) is 0 Å². The number of hydrogen-bond donors (Lipinski definition) is 3. The summed E-state index contributed by atoms with van der Waals surface area (Å²) in [5.74, 6) is -0.214. The van der Waals surface area contributed by atoms with Crippen LogP contribution < -0.4 is 10.6 Å². The molecule has 0 aliphatic carbocycles. The van der Waals surface area contributed by atoms with E-state index in [1.54, 1.807) is 36.8 Å². The van der Waals surface area contributed by atoms with Crippen molar-refractivity contribution in [3.63, 3.8) is 0 Å². The summed E-state index contributed by atoms with van der Waals surface area (Å²) in [7, 11) is 0. The van der Waals surface area contributed by atoms with E-state index >= 15 is 0 Å². The predicted molar refractivity (Wildman–Crippen MR) is 81.6 cm³/mol. The van der Waals surface area contributed by atoms with E-state index in [1.165, 1.54) is 23.5 Å². The molecule has 0 radical (unpaired) electrons. The fraction of sp³-hybridized carbons (Fsp3) is 0.385. The van der Waals surface area contributed by atoms with Crippen molar-refractivity contribution < 1.29 is 14.7 Å². The van der Waals surface area contributed by atoms with E-state index in [9.17, 15) is 14.7 Å². The van der Waals surface area contributed by atoms with Crippen molar-refractivity contribution in [3.8, 4) is 5.75 Å². The average molecular weight is 312 g/mol. The molecule has 1 heterocycles. The normalized spacial score (nSPS) is 26.0. The number of phenols is 1. The van der Waals surface area contributed by atoms with Gasteiger partial charge in [0.05, 0.1) is 0 Å². The van der Waals surface area contributed by atoms with Crippen LogP contribution >= 0.6 is 23.5 Å². The fourth-order valence-corrected chi connectivity index (χ4v) is 3.29. The second kappa shape index (κ2) is 5.97. The van der Waals surface area contributed by atoms with Crippen molar-refractivity contribution >= 4 is 35.3 Å². The van der Waals surface area contributed by atoms with Gasteiger partial charge >= 0.3 is 0 Å². The Morgan fingerprint density at radius 2 is 1.90 bits per heavy atom. The van der Waals surface area contributed by atoms with Gasteiger partial charge in [-0.05, 0) is 30.2 Å². The third-order valence-corrected chi connectivity index (χ3v) is 5.10. The lowest BCUT2D eigenvalue weighted by Crippen LogP contribution is -2.67. The Labute approximate surface area is 125 Å². The molecule has 1 fully saturated rings. The number of carbonyl (C=O) groups excluding carboxylic acids is 2. The molecule has 0 bridgehead atoms. The third-order valence-electron chi connectivity index (χ3n) is 3.17. The zero-order valence-electron chi connectivity index (χ0n) is 11.2. The SMILES string of the molecule is CSC1NC(=O)C(Cc2ccc(O)cc2)(SC)NC1=O. The molecule has 2 atom stereocenters. The number of hydrogen-bond acceptors (Lipinski definition) is 5. The number of carbonyl (C=O) groups is 2. The highest BCUT2D eigenvalue weighted by Gasteiger charge is 2.46. The summed E-state index contributed by atoms with van der Waals surface area (Å²) in [5, 5.41) is 14.3. The van der Waals surface area contributed by atoms with Crippen molar-refractivity contribution in [2.75, 3.05) is 12.5 Å². The number of nitrogens with one attached hydrogen (secondary N) is 2. The molecule has 0 aromatic heterocycles. The van der Waals surface area contributed by atoms with Crippen molar-refractivity contribution in [2.45, 2.75) is 16.7 Å². The highest BCUT2D eigenvalue weighted by molar-refractivity contribution is 8.01. The Morgan fingerprint density at radius 1 is 1.25 bits per heavy atom. The van der Waals surface area contributed by atoms with Gasteiger partial charge in [-0.3, -0.25) is 9.59 Å². The lowest BCUT2D eigenvalue weighted by Gasteiger charge is -2.38. The second-order valence-corrected chi connectivity index (χ2v) is 6.50. The molecule has 2 unspecified atom stereocenters. The van der Waals surface area contributed by atoms with Crippen LogP contribution in [0.3, 0.4) is 0 Å². The highest BCUT2D eigenvalue weighted by atomic mass is 32.2. The summed E-state index contributed by atoms with van der Waals surface area (Å²) in [6.07, 6.45) is 3.93. The zero-order valence-corrected chi connectivity index (χ0v) is 12.8. The Morgan fingerprint density at radius 3 is 2.45 bits per heavy atom. The molecule has 2 amide bonds. The van der Waals surface area contributed by atoms with Crippen LogP contribution in [0.15, 0.2) is 24.3 Å². The van der Waals surface area contributed by atoms with Crippen LogP contribution in [-0.4, -0.2) is 39.7 Å². The van der Waals surface area contributed by atoms with Crippen LogP contribution in [-0.2, 0) is 16.0 Å². The van der Waals surface area contributed by atoms with Gasteiger partial charge in [0.15, 0.2) is 10.2 Å². The molecule has 2 rings (SSSR count). The smallest absolute Gasteiger partial charge is 0.257 e. The molecule has 0 spiro atoms. The minimum Gasteiger partial charge on any atom is -0.508 e. The number of piperazine rings is 1. The van der Waals surface area contributed by atoms with E-state index in [0.717, 1.165) is 5.56 Å². The molecule has 1 aromatic carbocycles. The molecule has 3 N–H and O–H groups in total. The highest BCUT2D eigenvalue weighted by Crippen LogP contribution is 2.29. The lowest BCUT2D eigenvalue weighted by molar-refractivity contribution is -0.135. The van der Waals surface area contributed by atoms with Gasteiger partial charge in [-0.1, -0.05) is 12.1 Å². The van der Waals surface area contributed by atoms with Crippen molar-refractivity contribution in [2.24, 2.45) is 0 Å². The first-order valence-corrected chi connectivity index (χ1v) is 8.51. The summed E-state index contributed by atoms with van der Waals surface area (Å²) < 4.78 is 0. The Bertz CT molecular complexity index is 521. The fourth-order valence-electron chi connectivity index (χ4n) is 2.03.